The van der Waals surface area contributed by atoms with Crippen LogP contribution in [0.2, 0.25) is 0 Å². The van der Waals surface area contributed by atoms with Crippen LogP contribution >= 0.6 is 0 Å². The van der Waals surface area contributed by atoms with E-state index in [1.165, 1.54) is 0 Å². The third-order valence-electron chi connectivity index (χ3n) is 11.3. The molecule has 0 radical (unpaired) electrons. The van der Waals surface area contributed by atoms with Gasteiger partial charge in [0.1, 0.15) is 12.2 Å². The number of hydrogen-bond acceptors (Lipinski definition) is 14. The van der Waals surface area contributed by atoms with Crippen LogP contribution in [0.25, 0.3) is 0 Å². The van der Waals surface area contributed by atoms with E-state index < -0.39 is 89.5 Å². The lowest BCUT2D eigenvalue weighted by Crippen LogP contribution is -2.64. The summed E-state index contributed by atoms with van der Waals surface area (Å²) in [6.07, 6.45) is -1.86. The predicted molar refractivity (Wildman–Crippen MR) is 161 cm³/mol. The monoisotopic (exact) mass is 676 g/mol. The van der Waals surface area contributed by atoms with Crippen LogP contribution in [0.4, 0.5) is 0 Å². The fourth-order valence-corrected chi connectivity index (χ4v) is 9.28. The number of allylic oxidation sites excluding steroid dienone is 4. The number of Topliss-reactive ketones (excluding diaryl/α,β-unsaturated/α-hetero) is 1. The fourth-order valence-electron chi connectivity index (χ4n) is 9.28. The molecule has 1 aliphatic heterocycles. The van der Waals surface area contributed by atoms with Gasteiger partial charge in [0.15, 0.2) is 42.3 Å². The number of esters is 4. The number of fused-ring (bicyclic) bond motifs is 5. The van der Waals surface area contributed by atoms with Gasteiger partial charge in [0.05, 0.1) is 13.2 Å². The number of hydrogen-bond donors (Lipinski definition) is 2. The number of carbonyl (C=O) groups excluding carboxylic acids is 6. The first-order chi connectivity index (χ1) is 22.5. The van der Waals surface area contributed by atoms with Crippen molar-refractivity contribution < 1.29 is 67.4 Å². The summed E-state index contributed by atoms with van der Waals surface area (Å²) in [6, 6.07) is 0. The van der Waals surface area contributed by atoms with Gasteiger partial charge in [-0.05, 0) is 56.1 Å². The highest BCUT2D eigenvalue weighted by Crippen LogP contribution is 2.67. The van der Waals surface area contributed by atoms with Crippen LogP contribution in [0, 0.1) is 28.6 Å². The van der Waals surface area contributed by atoms with Crippen LogP contribution in [-0.4, -0.2) is 102 Å². The minimum Gasteiger partial charge on any atom is -0.467 e. The molecule has 0 amide bonds. The molecule has 0 bridgehead atoms. The zero-order valence-corrected chi connectivity index (χ0v) is 28.0. The molecule has 0 aromatic rings. The first-order valence-corrected chi connectivity index (χ1v) is 16.2. The number of rotatable bonds is 8. The minimum absolute atomic E-state index is 0.0277. The molecular weight excluding hydrogens is 632 g/mol. The molecule has 3 saturated carbocycles. The van der Waals surface area contributed by atoms with Gasteiger partial charge in [-0.2, -0.15) is 0 Å². The number of ketones is 2. The highest BCUT2D eigenvalue weighted by atomic mass is 16.7. The Labute approximate surface area is 278 Å². The number of methoxy groups -OCH3 is 1. The van der Waals surface area contributed by atoms with Crippen molar-refractivity contribution in [1.29, 1.82) is 0 Å². The molecule has 5 rings (SSSR count). The number of ether oxygens (including phenoxy) is 6. The van der Waals surface area contributed by atoms with Crippen molar-refractivity contribution in [2.45, 2.75) is 109 Å². The van der Waals surface area contributed by atoms with Gasteiger partial charge >= 0.3 is 23.9 Å². The molecule has 264 valence electrons. The topological polar surface area (TPSA) is 198 Å². The molecule has 12 unspecified atom stereocenters. The molecule has 0 aromatic heterocycles. The number of aliphatic hydroxyl groups excluding tert-OH is 1. The van der Waals surface area contributed by atoms with E-state index in [-0.39, 0.29) is 36.4 Å². The molecule has 1 saturated heterocycles. The molecule has 14 nitrogen and oxygen atoms in total. The van der Waals surface area contributed by atoms with Crippen molar-refractivity contribution in [2.24, 2.45) is 28.6 Å². The van der Waals surface area contributed by atoms with Crippen LogP contribution in [0.1, 0.15) is 66.7 Å². The molecule has 48 heavy (non-hydrogen) atoms. The van der Waals surface area contributed by atoms with Crippen molar-refractivity contribution in [2.75, 3.05) is 13.7 Å². The zero-order valence-electron chi connectivity index (χ0n) is 28.0. The molecule has 4 aliphatic carbocycles. The third kappa shape index (κ3) is 6.01. The maximum absolute atomic E-state index is 14.0. The Morgan fingerprint density at radius 2 is 1.58 bits per heavy atom. The van der Waals surface area contributed by atoms with Crippen LogP contribution in [0.5, 0.6) is 0 Å². The third-order valence-corrected chi connectivity index (χ3v) is 11.3. The fraction of sp³-hybridized carbons (Fsp3) is 0.706. The lowest BCUT2D eigenvalue weighted by atomic mass is 9.46. The van der Waals surface area contributed by atoms with E-state index in [1.54, 1.807) is 12.2 Å². The lowest BCUT2D eigenvalue weighted by molar-refractivity contribution is -0.300. The van der Waals surface area contributed by atoms with E-state index in [2.05, 4.69) is 0 Å². The lowest BCUT2D eigenvalue weighted by Gasteiger charge is -2.59. The van der Waals surface area contributed by atoms with Crippen LogP contribution in [0.3, 0.4) is 0 Å². The summed E-state index contributed by atoms with van der Waals surface area (Å²) in [5.74, 6) is -4.74. The van der Waals surface area contributed by atoms with Crippen LogP contribution in [-0.2, 0) is 57.2 Å². The second kappa shape index (κ2) is 13.1. The minimum atomic E-state index is -1.91. The molecule has 0 spiro atoms. The maximum Gasteiger partial charge on any atom is 0.339 e. The van der Waals surface area contributed by atoms with Gasteiger partial charge in [0.25, 0.3) is 0 Å². The summed E-state index contributed by atoms with van der Waals surface area (Å²) < 4.78 is 32.3. The average molecular weight is 677 g/mol. The van der Waals surface area contributed by atoms with Crippen molar-refractivity contribution >= 4 is 35.4 Å². The summed E-state index contributed by atoms with van der Waals surface area (Å²) >= 11 is 0. The number of carbonyl (C=O) groups is 6. The van der Waals surface area contributed by atoms with Gasteiger partial charge in [-0.1, -0.05) is 25.5 Å². The maximum atomic E-state index is 14.0. The van der Waals surface area contributed by atoms with E-state index >= 15 is 0 Å². The van der Waals surface area contributed by atoms with E-state index in [0.29, 0.717) is 19.3 Å². The summed E-state index contributed by atoms with van der Waals surface area (Å²) in [5, 5.41) is 23.8. The highest BCUT2D eigenvalue weighted by Gasteiger charge is 2.68. The van der Waals surface area contributed by atoms with E-state index in [0.717, 1.165) is 33.5 Å². The van der Waals surface area contributed by atoms with Gasteiger partial charge in [-0.15, -0.1) is 0 Å². The summed E-state index contributed by atoms with van der Waals surface area (Å²) in [7, 11) is 1.05. The first-order valence-electron chi connectivity index (χ1n) is 16.2. The highest BCUT2D eigenvalue weighted by molar-refractivity contribution is 6.01. The quantitative estimate of drug-likeness (QED) is 0.275. The van der Waals surface area contributed by atoms with E-state index in [9.17, 15) is 39.0 Å². The molecule has 2 N–H and O–H groups in total. The van der Waals surface area contributed by atoms with Crippen LogP contribution < -0.4 is 0 Å². The largest absolute Gasteiger partial charge is 0.467 e. The van der Waals surface area contributed by atoms with Gasteiger partial charge in [0.2, 0.25) is 0 Å². The molecular formula is C34H44O14. The molecule has 12 atom stereocenters. The summed E-state index contributed by atoms with van der Waals surface area (Å²) in [5.41, 5.74) is -2.48. The van der Waals surface area contributed by atoms with Gasteiger partial charge in [-0.25, -0.2) is 4.79 Å². The second-order valence-electron chi connectivity index (χ2n) is 14.0. The van der Waals surface area contributed by atoms with Crippen molar-refractivity contribution in [3.63, 3.8) is 0 Å². The normalized spacial score (nSPS) is 41.5. The van der Waals surface area contributed by atoms with Crippen molar-refractivity contribution in [3.05, 3.63) is 23.8 Å². The Bertz CT molecular complexity index is 1430. The molecule has 4 fully saturated rings. The average Bonchev–Trinajstić information content (AvgIpc) is 3.27. The number of aliphatic hydroxyl groups is 2. The standard InChI is InChI=1S/C34H44O14/c1-16(35)45-26-27(46-17(2)36)29(47-18(3)37)31(48-28(26)30(41)43-6)44-15-24(40)34(42)12-10-22-21-8-7-19-13-20(38)9-11-32(19,4)25(21)23(39)14-33(22,34)5/h9,11,13,21-23,25-29,31,39,42H,7-8,10,12,14-15H2,1-6H3. The Morgan fingerprint density at radius 1 is 0.958 bits per heavy atom. The summed E-state index contributed by atoms with van der Waals surface area (Å²) in [4.78, 5) is 75.0. The van der Waals surface area contributed by atoms with Crippen LogP contribution in [0.15, 0.2) is 23.8 Å². The SMILES string of the molecule is COC(=O)C1OC(OCC(=O)C2(O)CCC3C4CCC5=CC(=O)C=CC5(C)C4C(O)CC32C)C(OC(C)=O)C(OC(C)=O)C1OC(C)=O. The van der Waals surface area contributed by atoms with E-state index in [1.807, 2.05) is 19.9 Å². The van der Waals surface area contributed by atoms with Gasteiger partial charge < -0.3 is 38.6 Å². The molecule has 14 heteroatoms. The van der Waals surface area contributed by atoms with Gasteiger partial charge in [-0.3, -0.25) is 24.0 Å². The molecule has 0 aromatic carbocycles. The Kier molecular flexibility index (Phi) is 9.78. The van der Waals surface area contributed by atoms with Gasteiger partial charge in [0, 0.05) is 37.5 Å². The predicted octanol–water partition coefficient (Wildman–Crippen LogP) is 1.27. The smallest absolute Gasteiger partial charge is 0.339 e. The Hall–Kier alpha value is -3.46. The second-order valence-corrected chi connectivity index (χ2v) is 14.0. The van der Waals surface area contributed by atoms with Crippen molar-refractivity contribution in [1.82, 2.24) is 0 Å². The summed E-state index contributed by atoms with van der Waals surface area (Å²) in [6.45, 7) is 6.25. The zero-order chi connectivity index (χ0) is 35.3. The molecule has 1 heterocycles. The van der Waals surface area contributed by atoms with E-state index in [4.69, 9.17) is 28.4 Å². The Morgan fingerprint density at radius 3 is 2.21 bits per heavy atom. The van der Waals surface area contributed by atoms with Crippen molar-refractivity contribution in [3.8, 4) is 0 Å². The molecule has 5 aliphatic rings. The Balaban J connectivity index is 1.39. The first kappa shape index (κ1) is 35.8.